The quantitative estimate of drug-likeness (QED) is 0.757. The number of benzene rings is 1. The Kier molecular flexibility index (Phi) is 4.04. The van der Waals surface area contributed by atoms with E-state index >= 15 is 0 Å². The van der Waals surface area contributed by atoms with E-state index in [0.29, 0.717) is 17.0 Å². The summed E-state index contributed by atoms with van der Waals surface area (Å²) in [5, 5.41) is 0. The lowest BCUT2D eigenvalue weighted by molar-refractivity contribution is 0.1000. The number of nitrogens with zero attached hydrogens (tertiary/aromatic N) is 3. The molecule has 8 heteroatoms. The topological polar surface area (TPSA) is 132 Å². The van der Waals surface area contributed by atoms with E-state index in [9.17, 15) is 4.79 Å². The standard InChI is InChI=1S/C16H22N6O2/c1-24-12-9-10(13(17)23)5-6-11(12)22-15(19)20-14(18)21-16(22)7-3-2-4-8-16/h5-6,9H,2-4,7-8H2,1H3,(H2,17,23)(H4,18,19,20,21). The smallest absolute Gasteiger partial charge is 0.248 e. The minimum atomic E-state index is -0.560. The number of primary amides is 1. The van der Waals surface area contributed by atoms with Crippen molar-refractivity contribution in [2.45, 2.75) is 37.8 Å². The summed E-state index contributed by atoms with van der Waals surface area (Å²) in [4.78, 5) is 22.0. The first-order valence-electron chi connectivity index (χ1n) is 7.94. The first-order chi connectivity index (χ1) is 11.5. The molecule has 1 aliphatic carbocycles. The van der Waals surface area contributed by atoms with Crippen LogP contribution in [0.1, 0.15) is 42.5 Å². The molecule has 6 N–H and O–H groups in total. The van der Waals surface area contributed by atoms with E-state index < -0.39 is 11.6 Å². The number of carbonyl (C=O) groups excluding carboxylic acids is 1. The highest BCUT2D eigenvalue weighted by Gasteiger charge is 2.43. The van der Waals surface area contributed by atoms with E-state index in [0.717, 1.165) is 32.1 Å². The molecular formula is C16H22N6O2. The van der Waals surface area contributed by atoms with Crippen LogP contribution in [0.4, 0.5) is 5.69 Å². The molecule has 1 aromatic carbocycles. The third kappa shape index (κ3) is 2.64. The van der Waals surface area contributed by atoms with Crippen molar-refractivity contribution < 1.29 is 9.53 Å². The maximum atomic E-state index is 11.4. The fraction of sp³-hybridized carbons (Fsp3) is 0.438. The van der Waals surface area contributed by atoms with Crippen molar-refractivity contribution in [3.63, 3.8) is 0 Å². The number of hydrogen-bond donors (Lipinski definition) is 3. The van der Waals surface area contributed by atoms with Crippen LogP contribution in [0.25, 0.3) is 0 Å². The fourth-order valence-corrected chi connectivity index (χ4v) is 3.49. The SMILES string of the molecule is COc1cc(C(N)=O)ccc1N1C(N)=NC(N)=NC12CCCCC2. The maximum absolute atomic E-state index is 11.4. The van der Waals surface area contributed by atoms with Gasteiger partial charge in [-0.1, -0.05) is 6.42 Å². The molecule has 1 saturated carbocycles. The maximum Gasteiger partial charge on any atom is 0.248 e. The number of guanidine groups is 2. The molecule has 1 fully saturated rings. The van der Waals surface area contributed by atoms with Crippen LogP contribution in [0, 0.1) is 0 Å². The average molecular weight is 330 g/mol. The van der Waals surface area contributed by atoms with Crippen molar-refractivity contribution in [2.24, 2.45) is 27.2 Å². The van der Waals surface area contributed by atoms with Gasteiger partial charge in [0.1, 0.15) is 11.4 Å². The average Bonchev–Trinajstić information content (AvgIpc) is 2.54. The van der Waals surface area contributed by atoms with Gasteiger partial charge in [-0.3, -0.25) is 9.69 Å². The first kappa shape index (κ1) is 16.1. The van der Waals surface area contributed by atoms with Gasteiger partial charge in [-0.05, 0) is 43.9 Å². The summed E-state index contributed by atoms with van der Waals surface area (Å²) in [7, 11) is 1.53. The highest BCUT2D eigenvalue weighted by molar-refractivity contribution is 6.06. The van der Waals surface area contributed by atoms with Gasteiger partial charge in [-0.25, -0.2) is 4.99 Å². The Labute approximate surface area is 140 Å². The third-order valence-electron chi connectivity index (χ3n) is 4.56. The highest BCUT2D eigenvalue weighted by Crippen LogP contribution is 2.42. The van der Waals surface area contributed by atoms with Crippen LogP contribution < -0.4 is 26.8 Å². The summed E-state index contributed by atoms with van der Waals surface area (Å²) in [6, 6.07) is 5.00. The normalized spacial score (nSPS) is 19.6. The summed E-state index contributed by atoms with van der Waals surface area (Å²) in [5.41, 5.74) is 17.9. The largest absolute Gasteiger partial charge is 0.495 e. The summed E-state index contributed by atoms with van der Waals surface area (Å²) in [6.45, 7) is 0. The van der Waals surface area contributed by atoms with Crippen LogP contribution in [0.15, 0.2) is 28.2 Å². The highest BCUT2D eigenvalue weighted by atomic mass is 16.5. The molecular weight excluding hydrogens is 308 g/mol. The van der Waals surface area contributed by atoms with Crippen LogP contribution in [0.3, 0.4) is 0 Å². The molecule has 0 bridgehead atoms. The Morgan fingerprint density at radius 3 is 2.58 bits per heavy atom. The molecule has 2 aliphatic rings. The minimum Gasteiger partial charge on any atom is -0.495 e. The number of anilines is 1. The second kappa shape index (κ2) is 6.03. The summed E-state index contributed by atoms with van der Waals surface area (Å²) in [6.07, 6.45) is 4.86. The van der Waals surface area contributed by atoms with Crippen LogP contribution in [0.2, 0.25) is 0 Å². The number of nitrogens with two attached hydrogens (primary N) is 3. The van der Waals surface area contributed by atoms with E-state index in [-0.39, 0.29) is 11.9 Å². The van der Waals surface area contributed by atoms with Gasteiger partial charge in [0.2, 0.25) is 17.8 Å². The van der Waals surface area contributed by atoms with Gasteiger partial charge >= 0.3 is 0 Å². The number of aliphatic imine (C=N–C) groups is 2. The molecule has 1 aliphatic heterocycles. The Morgan fingerprint density at radius 1 is 1.25 bits per heavy atom. The van der Waals surface area contributed by atoms with Crippen LogP contribution in [0.5, 0.6) is 5.75 Å². The second-order valence-electron chi connectivity index (χ2n) is 6.07. The summed E-state index contributed by atoms with van der Waals surface area (Å²) >= 11 is 0. The van der Waals surface area contributed by atoms with Gasteiger partial charge in [-0.2, -0.15) is 4.99 Å². The molecule has 0 radical (unpaired) electrons. The Bertz CT molecular complexity index is 721. The molecule has 1 aromatic rings. The Balaban J connectivity index is 2.12. The number of ether oxygens (including phenoxy) is 1. The lowest BCUT2D eigenvalue weighted by Crippen LogP contribution is -2.58. The van der Waals surface area contributed by atoms with Crippen molar-refractivity contribution in [1.82, 2.24) is 0 Å². The number of amides is 1. The first-order valence-corrected chi connectivity index (χ1v) is 7.94. The number of carbonyl (C=O) groups is 1. The molecule has 0 unspecified atom stereocenters. The second-order valence-corrected chi connectivity index (χ2v) is 6.07. The van der Waals surface area contributed by atoms with Crippen LogP contribution >= 0.6 is 0 Å². The Hall–Kier alpha value is -2.77. The zero-order chi connectivity index (χ0) is 17.3. The van der Waals surface area contributed by atoms with Gasteiger partial charge in [0, 0.05) is 5.56 Å². The monoisotopic (exact) mass is 330 g/mol. The van der Waals surface area contributed by atoms with Crippen LogP contribution in [-0.2, 0) is 0 Å². The predicted octanol–water partition coefficient (Wildman–Crippen LogP) is 0.904. The summed E-state index contributed by atoms with van der Waals surface area (Å²) in [5.74, 6) is 0.438. The van der Waals surface area contributed by atoms with Gasteiger partial charge in [-0.15, -0.1) is 0 Å². The molecule has 0 saturated heterocycles. The fourth-order valence-electron chi connectivity index (χ4n) is 3.49. The molecule has 0 atom stereocenters. The van der Waals surface area contributed by atoms with Gasteiger partial charge in [0.25, 0.3) is 0 Å². The van der Waals surface area contributed by atoms with E-state index in [1.165, 1.54) is 7.11 Å². The molecule has 0 aromatic heterocycles. The molecule has 1 heterocycles. The van der Waals surface area contributed by atoms with Crippen molar-refractivity contribution in [3.05, 3.63) is 23.8 Å². The molecule has 1 amide bonds. The van der Waals surface area contributed by atoms with E-state index in [4.69, 9.17) is 21.9 Å². The van der Waals surface area contributed by atoms with Gasteiger partial charge in [0.05, 0.1) is 12.8 Å². The zero-order valence-electron chi connectivity index (χ0n) is 13.7. The van der Waals surface area contributed by atoms with E-state index in [2.05, 4.69) is 9.98 Å². The molecule has 3 rings (SSSR count). The van der Waals surface area contributed by atoms with Crippen molar-refractivity contribution in [3.8, 4) is 5.75 Å². The van der Waals surface area contributed by atoms with Crippen molar-refractivity contribution in [1.29, 1.82) is 0 Å². The molecule has 8 nitrogen and oxygen atoms in total. The van der Waals surface area contributed by atoms with Gasteiger partial charge < -0.3 is 21.9 Å². The molecule has 1 spiro atoms. The van der Waals surface area contributed by atoms with Crippen LogP contribution in [-0.4, -0.2) is 30.6 Å². The number of hydrogen-bond acceptors (Lipinski definition) is 7. The predicted molar refractivity (Wildman–Crippen MR) is 93.1 cm³/mol. The number of rotatable bonds is 3. The van der Waals surface area contributed by atoms with E-state index in [1.807, 2.05) is 4.90 Å². The number of methoxy groups -OCH3 is 1. The lowest BCUT2D eigenvalue weighted by atomic mass is 9.87. The van der Waals surface area contributed by atoms with Gasteiger partial charge in [0.15, 0.2) is 0 Å². The van der Waals surface area contributed by atoms with Crippen molar-refractivity contribution >= 4 is 23.5 Å². The minimum absolute atomic E-state index is 0.193. The van der Waals surface area contributed by atoms with Crippen molar-refractivity contribution in [2.75, 3.05) is 12.0 Å². The third-order valence-corrected chi connectivity index (χ3v) is 4.56. The molecule has 128 valence electrons. The summed E-state index contributed by atoms with van der Waals surface area (Å²) < 4.78 is 5.46. The lowest BCUT2D eigenvalue weighted by Gasteiger charge is -2.45. The van der Waals surface area contributed by atoms with E-state index in [1.54, 1.807) is 18.2 Å². The zero-order valence-corrected chi connectivity index (χ0v) is 13.7. The molecule has 24 heavy (non-hydrogen) atoms. The Morgan fingerprint density at radius 2 is 1.96 bits per heavy atom.